The van der Waals surface area contributed by atoms with Crippen LogP contribution in [-0.2, 0) is 4.74 Å². The van der Waals surface area contributed by atoms with Crippen molar-refractivity contribution in [2.45, 2.75) is 26.2 Å². The molecule has 0 fully saturated rings. The van der Waals surface area contributed by atoms with Crippen molar-refractivity contribution >= 4 is 23.3 Å². The maximum absolute atomic E-state index is 10.7. The topological polar surface area (TPSA) is 81.8 Å². The van der Waals surface area contributed by atoms with Gasteiger partial charge in [0.05, 0.1) is 18.8 Å². The average Bonchev–Trinajstić information content (AvgIpc) is 2.67. The predicted molar refractivity (Wildman–Crippen MR) is 114 cm³/mol. The largest absolute Gasteiger partial charge is 0.494 e. The van der Waals surface area contributed by atoms with E-state index in [1.807, 2.05) is 6.92 Å². The highest BCUT2D eigenvalue weighted by Crippen LogP contribution is 2.13. The molecule has 6 heteroatoms. The number of benzene rings is 2. The Kier molecular flexibility index (Phi) is 11.5. The lowest BCUT2D eigenvalue weighted by Crippen LogP contribution is -2.01. The number of nitrogens with two attached hydrogens (primary N) is 1. The Hall–Kier alpha value is -2.50. The summed E-state index contributed by atoms with van der Waals surface area (Å²) in [7, 11) is 0. The van der Waals surface area contributed by atoms with Gasteiger partial charge in [-0.05, 0) is 74.7 Å². The number of hydrogen-bond acceptors (Lipinski definition) is 4. The number of rotatable bonds is 10. The van der Waals surface area contributed by atoms with Gasteiger partial charge in [0.1, 0.15) is 5.75 Å². The minimum absolute atomic E-state index is 0.270. The quantitative estimate of drug-likeness (QED) is 0.312. The van der Waals surface area contributed by atoms with Crippen LogP contribution < -0.4 is 10.5 Å². The van der Waals surface area contributed by atoms with E-state index in [2.05, 4.69) is 6.58 Å². The van der Waals surface area contributed by atoms with E-state index < -0.39 is 5.97 Å². The van der Waals surface area contributed by atoms with Crippen molar-refractivity contribution in [2.75, 3.05) is 25.6 Å². The summed E-state index contributed by atoms with van der Waals surface area (Å²) in [4.78, 5) is 10.7. The van der Waals surface area contributed by atoms with E-state index >= 15 is 0 Å². The van der Waals surface area contributed by atoms with Gasteiger partial charge in [-0.25, -0.2) is 4.79 Å². The molecule has 0 saturated heterocycles. The molecular weight excluding hydrogens is 378 g/mol. The first-order valence-corrected chi connectivity index (χ1v) is 9.45. The molecule has 2 aromatic rings. The van der Waals surface area contributed by atoms with Crippen molar-refractivity contribution in [1.82, 2.24) is 0 Å². The molecule has 5 nitrogen and oxygen atoms in total. The molecule has 152 valence electrons. The number of carbonyl (C=O) groups is 1. The van der Waals surface area contributed by atoms with E-state index in [0.29, 0.717) is 19.0 Å². The van der Waals surface area contributed by atoms with Crippen LogP contribution in [0.15, 0.2) is 60.7 Å². The third-order valence-electron chi connectivity index (χ3n) is 3.52. The Morgan fingerprint density at radius 1 is 1.04 bits per heavy atom. The van der Waals surface area contributed by atoms with Crippen LogP contribution in [0.1, 0.15) is 36.5 Å². The second kappa shape index (κ2) is 13.6. The SMILES string of the molecule is C=C(C)COCCCCCOc1ccc(C(=O)O)cc1.Nc1ccc(Cl)cc1. The maximum Gasteiger partial charge on any atom is 0.335 e. The van der Waals surface area contributed by atoms with Gasteiger partial charge in [0.2, 0.25) is 0 Å². The lowest BCUT2D eigenvalue weighted by molar-refractivity contribution is 0.0697. The Balaban J connectivity index is 0.000000406. The molecule has 0 radical (unpaired) electrons. The van der Waals surface area contributed by atoms with Crippen LogP contribution in [0.2, 0.25) is 5.02 Å². The number of anilines is 1. The minimum Gasteiger partial charge on any atom is -0.494 e. The minimum atomic E-state index is -0.925. The van der Waals surface area contributed by atoms with Crippen LogP contribution in [-0.4, -0.2) is 30.9 Å². The molecule has 0 saturated carbocycles. The monoisotopic (exact) mass is 405 g/mol. The average molecular weight is 406 g/mol. The summed E-state index contributed by atoms with van der Waals surface area (Å²) in [6.07, 6.45) is 3.01. The number of carboxylic acid groups (broad SMARTS) is 1. The summed E-state index contributed by atoms with van der Waals surface area (Å²) < 4.78 is 10.9. The molecule has 3 N–H and O–H groups in total. The fourth-order valence-electron chi connectivity index (χ4n) is 2.08. The fourth-order valence-corrected chi connectivity index (χ4v) is 2.20. The fraction of sp³-hybridized carbons (Fsp3) is 0.318. The zero-order valence-electron chi connectivity index (χ0n) is 16.2. The van der Waals surface area contributed by atoms with Crippen LogP contribution in [0.25, 0.3) is 0 Å². The van der Waals surface area contributed by atoms with E-state index in [1.54, 1.807) is 48.5 Å². The van der Waals surface area contributed by atoms with Crippen molar-refractivity contribution in [1.29, 1.82) is 0 Å². The van der Waals surface area contributed by atoms with E-state index in [-0.39, 0.29) is 5.56 Å². The highest BCUT2D eigenvalue weighted by molar-refractivity contribution is 6.30. The molecular formula is C22H28ClNO4. The molecule has 0 amide bonds. The third kappa shape index (κ3) is 11.3. The predicted octanol–water partition coefficient (Wildman–Crippen LogP) is 5.45. The van der Waals surface area contributed by atoms with Crippen molar-refractivity contribution in [3.8, 4) is 5.75 Å². The standard InChI is InChI=1S/C16H22O4.C6H6ClN/c1-13(2)12-19-10-4-3-5-11-20-15-8-6-14(7-9-15)16(17)18;7-5-1-3-6(8)4-2-5/h6-9H,1,3-5,10-12H2,2H3,(H,17,18);1-4H,8H2. The molecule has 0 aliphatic heterocycles. The summed E-state index contributed by atoms with van der Waals surface area (Å²) in [6, 6.07) is 13.5. The van der Waals surface area contributed by atoms with E-state index in [9.17, 15) is 4.79 Å². The number of carboxylic acids is 1. The number of aromatic carboxylic acids is 1. The molecule has 0 heterocycles. The van der Waals surface area contributed by atoms with Crippen LogP contribution in [0.5, 0.6) is 5.75 Å². The first-order chi connectivity index (χ1) is 13.4. The van der Waals surface area contributed by atoms with Crippen molar-refractivity contribution in [2.24, 2.45) is 0 Å². The molecule has 0 spiro atoms. The number of nitrogen functional groups attached to an aromatic ring is 1. The van der Waals surface area contributed by atoms with Gasteiger partial charge in [0.25, 0.3) is 0 Å². The zero-order chi connectivity index (χ0) is 20.8. The second-order valence-corrected chi connectivity index (χ2v) is 6.74. The first-order valence-electron chi connectivity index (χ1n) is 9.08. The zero-order valence-corrected chi connectivity index (χ0v) is 17.0. The van der Waals surface area contributed by atoms with Gasteiger partial charge in [0, 0.05) is 17.3 Å². The summed E-state index contributed by atoms with van der Waals surface area (Å²) in [5, 5.41) is 9.49. The summed E-state index contributed by atoms with van der Waals surface area (Å²) >= 11 is 5.56. The summed E-state index contributed by atoms with van der Waals surface area (Å²) in [5.41, 5.74) is 7.42. The van der Waals surface area contributed by atoms with Gasteiger partial charge in [-0.3, -0.25) is 0 Å². The highest BCUT2D eigenvalue weighted by atomic mass is 35.5. The molecule has 2 aromatic carbocycles. The van der Waals surface area contributed by atoms with E-state index in [4.69, 9.17) is 31.9 Å². The maximum atomic E-state index is 10.7. The highest BCUT2D eigenvalue weighted by Gasteiger charge is 2.01. The van der Waals surface area contributed by atoms with Crippen LogP contribution in [0, 0.1) is 0 Å². The molecule has 2 rings (SSSR count). The van der Waals surface area contributed by atoms with Crippen LogP contribution >= 0.6 is 11.6 Å². The lowest BCUT2D eigenvalue weighted by Gasteiger charge is -2.07. The molecule has 0 atom stereocenters. The Morgan fingerprint density at radius 3 is 2.18 bits per heavy atom. The van der Waals surface area contributed by atoms with Gasteiger partial charge in [-0.15, -0.1) is 0 Å². The van der Waals surface area contributed by atoms with Gasteiger partial charge in [-0.2, -0.15) is 0 Å². The van der Waals surface area contributed by atoms with Gasteiger partial charge >= 0.3 is 5.97 Å². The molecule has 0 aliphatic rings. The molecule has 0 unspecified atom stereocenters. The number of unbranched alkanes of at least 4 members (excludes halogenated alkanes) is 2. The molecule has 28 heavy (non-hydrogen) atoms. The smallest absolute Gasteiger partial charge is 0.335 e. The molecule has 0 aromatic heterocycles. The molecule has 0 bridgehead atoms. The Morgan fingerprint density at radius 2 is 1.64 bits per heavy atom. The van der Waals surface area contributed by atoms with Gasteiger partial charge in [0.15, 0.2) is 0 Å². The van der Waals surface area contributed by atoms with Crippen molar-refractivity contribution < 1.29 is 19.4 Å². The summed E-state index contributed by atoms with van der Waals surface area (Å²) in [6.45, 7) is 7.73. The second-order valence-electron chi connectivity index (χ2n) is 6.30. The first kappa shape index (κ1) is 23.5. The van der Waals surface area contributed by atoms with Gasteiger partial charge in [-0.1, -0.05) is 23.8 Å². The number of hydrogen-bond donors (Lipinski definition) is 2. The van der Waals surface area contributed by atoms with Crippen LogP contribution in [0.3, 0.4) is 0 Å². The van der Waals surface area contributed by atoms with Crippen LogP contribution in [0.4, 0.5) is 5.69 Å². The third-order valence-corrected chi connectivity index (χ3v) is 3.77. The van der Waals surface area contributed by atoms with Crippen molar-refractivity contribution in [3.05, 3.63) is 71.3 Å². The lowest BCUT2D eigenvalue weighted by atomic mass is 10.2. The summed E-state index contributed by atoms with van der Waals surface area (Å²) in [5.74, 6) is -0.222. The number of ether oxygens (including phenoxy) is 2. The Bertz CT molecular complexity index is 693. The normalized spacial score (nSPS) is 9.93. The Labute approximate surface area is 171 Å². The van der Waals surface area contributed by atoms with Crippen molar-refractivity contribution in [3.63, 3.8) is 0 Å². The van der Waals surface area contributed by atoms with E-state index in [1.165, 1.54) is 0 Å². The van der Waals surface area contributed by atoms with Gasteiger partial charge < -0.3 is 20.3 Å². The number of halogens is 1. The van der Waals surface area contributed by atoms with E-state index in [0.717, 1.165) is 42.2 Å². The molecule has 0 aliphatic carbocycles.